The van der Waals surface area contributed by atoms with E-state index in [1.807, 2.05) is 31.2 Å². The van der Waals surface area contributed by atoms with Crippen LogP contribution in [-0.4, -0.2) is 31.8 Å². The number of aryl methyl sites for hydroxylation is 1. The lowest BCUT2D eigenvalue weighted by molar-refractivity contribution is -0.115. The van der Waals surface area contributed by atoms with Crippen LogP contribution in [0.15, 0.2) is 53.4 Å². The number of carbonyl (C=O) groups is 2. The zero-order chi connectivity index (χ0) is 16.8. The standard InChI is InChI=1S/C18H19NO3S/c1-13-7-6-8-14(11-13)23-12-17(20)19(2)16-10-5-4-9-15(16)18(21)22-3/h4-11H,12H2,1-3H3. The summed E-state index contributed by atoms with van der Waals surface area (Å²) in [4.78, 5) is 26.8. The van der Waals surface area contributed by atoms with E-state index in [-0.39, 0.29) is 5.91 Å². The Morgan fingerprint density at radius 2 is 1.87 bits per heavy atom. The average molecular weight is 329 g/mol. The van der Waals surface area contributed by atoms with Gasteiger partial charge >= 0.3 is 5.97 Å². The molecule has 0 aromatic heterocycles. The van der Waals surface area contributed by atoms with Gasteiger partial charge in [0.05, 0.1) is 24.1 Å². The van der Waals surface area contributed by atoms with Crippen LogP contribution in [0.2, 0.25) is 0 Å². The predicted molar refractivity (Wildman–Crippen MR) is 93.1 cm³/mol. The molecule has 2 aromatic carbocycles. The van der Waals surface area contributed by atoms with E-state index in [0.717, 1.165) is 10.5 Å². The van der Waals surface area contributed by atoms with Crippen LogP contribution in [0.1, 0.15) is 15.9 Å². The molecular formula is C18H19NO3S. The van der Waals surface area contributed by atoms with E-state index in [9.17, 15) is 9.59 Å². The van der Waals surface area contributed by atoms with E-state index in [2.05, 4.69) is 0 Å². The number of rotatable bonds is 5. The largest absolute Gasteiger partial charge is 0.465 e. The SMILES string of the molecule is COC(=O)c1ccccc1N(C)C(=O)CSc1cccc(C)c1. The number of anilines is 1. The molecule has 23 heavy (non-hydrogen) atoms. The Morgan fingerprint density at radius 3 is 2.57 bits per heavy atom. The fourth-order valence-electron chi connectivity index (χ4n) is 2.13. The Bertz CT molecular complexity index is 715. The van der Waals surface area contributed by atoms with Crippen molar-refractivity contribution in [2.75, 3.05) is 24.8 Å². The average Bonchev–Trinajstić information content (AvgIpc) is 2.58. The Morgan fingerprint density at radius 1 is 1.13 bits per heavy atom. The van der Waals surface area contributed by atoms with Crippen molar-refractivity contribution in [3.05, 3.63) is 59.7 Å². The molecule has 2 rings (SSSR count). The lowest BCUT2D eigenvalue weighted by Crippen LogP contribution is -2.29. The van der Waals surface area contributed by atoms with Crippen molar-refractivity contribution in [2.24, 2.45) is 0 Å². The first kappa shape index (κ1) is 17.1. The van der Waals surface area contributed by atoms with Crippen LogP contribution < -0.4 is 4.90 Å². The number of para-hydroxylation sites is 1. The molecule has 0 aliphatic carbocycles. The van der Waals surface area contributed by atoms with Gasteiger partial charge in [-0.3, -0.25) is 4.79 Å². The van der Waals surface area contributed by atoms with Gasteiger partial charge in [-0.25, -0.2) is 4.79 Å². The van der Waals surface area contributed by atoms with Crippen LogP contribution >= 0.6 is 11.8 Å². The smallest absolute Gasteiger partial charge is 0.339 e. The van der Waals surface area contributed by atoms with Gasteiger partial charge in [0.1, 0.15) is 0 Å². The lowest BCUT2D eigenvalue weighted by Gasteiger charge is -2.19. The summed E-state index contributed by atoms with van der Waals surface area (Å²) in [6, 6.07) is 14.9. The zero-order valence-corrected chi connectivity index (χ0v) is 14.2. The number of hydrogen-bond donors (Lipinski definition) is 0. The number of benzene rings is 2. The number of esters is 1. The summed E-state index contributed by atoms with van der Waals surface area (Å²) in [7, 11) is 3.00. The zero-order valence-electron chi connectivity index (χ0n) is 13.4. The molecule has 0 heterocycles. The summed E-state index contributed by atoms with van der Waals surface area (Å²) >= 11 is 1.48. The first-order valence-corrected chi connectivity index (χ1v) is 8.15. The van der Waals surface area contributed by atoms with Gasteiger partial charge in [0, 0.05) is 11.9 Å². The highest BCUT2D eigenvalue weighted by Crippen LogP contribution is 2.23. The van der Waals surface area contributed by atoms with Crippen LogP contribution in [0.25, 0.3) is 0 Å². The fraction of sp³-hybridized carbons (Fsp3) is 0.222. The minimum absolute atomic E-state index is 0.0761. The summed E-state index contributed by atoms with van der Waals surface area (Å²) < 4.78 is 4.77. The van der Waals surface area contributed by atoms with Gasteiger partial charge < -0.3 is 9.64 Å². The van der Waals surface area contributed by atoms with Gasteiger partial charge in [-0.05, 0) is 31.2 Å². The monoisotopic (exact) mass is 329 g/mol. The normalized spacial score (nSPS) is 10.2. The van der Waals surface area contributed by atoms with Gasteiger partial charge in [-0.2, -0.15) is 0 Å². The van der Waals surface area contributed by atoms with Crippen LogP contribution in [0.4, 0.5) is 5.69 Å². The second-order valence-electron chi connectivity index (χ2n) is 5.07. The molecular weight excluding hydrogens is 310 g/mol. The maximum Gasteiger partial charge on any atom is 0.339 e. The molecule has 0 saturated heterocycles. The summed E-state index contributed by atoms with van der Waals surface area (Å²) in [6.45, 7) is 2.02. The third kappa shape index (κ3) is 4.36. The first-order valence-electron chi connectivity index (χ1n) is 7.16. The van der Waals surface area contributed by atoms with Crippen molar-refractivity contribution < 1.29 is 14.3 Å². The summed E-state index contributed by atoms with van der Waals surface area (Å²) in [5, 5.41) is 0. The summed E-state index contributed by atoms with van der Waals surface area (Å²) in [6.07, 6.45) is 0. The van der Waals surface area contributed by atoms with Crippen LogP contribution in [0, 0.1) is 6.92 Å². The topological polar surface area (TPSA) is 46.6 Å². The van der Waals surface area contributed by atoms with Gasteiger partial charge in [0.25, 0.3) is 0 Å². The Hall–Kier alpha value is -2.27. The fourth-order valence-corrected chi connectivity index (χ4v) is 3.06. The van der Waals surface area contributed by atoms with Crippen molar-refractivity contribution in [1.82, 2.24) is 0 Å². The molecule has 0 bridgehead atoms. The molecule has 4 nitrogen and oxygen atoms in total. The molecule has 0 unspecified atom stereocenters. The number of hydrogen-bond acceptors (Lipinski definition) is 4. The molecule has 0 aliphatic rings. The van der Waals surface area contributed by atoms with Crippen LogP contribution in [-0.2, 0) is 9.53 Å². The van der Waals surface area contributed by atoms with E-state index >= 15 is 0 Å². The molecule has 2 aromatic rings. The number of carbonyl (C=O) groups excluding carboxylic acids is 2. The number of amides is 1. The summed E-state index contributed by atoms with van der Waals surface area (Å²) in [5.74, 6) is -0.227. The highest BCUT2D eigenvalue weighted by atomic mass is 32.2. The van der Waals surface area contributed by atoms with Gasteiger partial charge in [-0.1, -0.05) is 29.8 Å². The van der Waals surface area contributed by atoms with Crippen molar-refractivity contribution in [1.29, 1.82) is 0 Å². The molecule has 0 radical (unpaired) electrons. The highest BCUT2D eigenvalue weighted by Gasteiger charge is 2.18. The van der Waals surface area contributed by atoms with E-state index in [4.69, 9.17) is 4.74 Å². The number of methoxy groups -OCH3 is 1. The molecule has 1 amide bonds. The van der Waals surface area contributed by atoms with Crippen molar-refractivity contribution in [3.8, 4) is 0 Å². The van der Waals surface area contributed by atoms with Gasteiger partial charge in [0.2, 0.25) is 5.91 Å². The number of nitrogens with zero attached hydrogens (tertiary/aromatic N) is 1. The number of ether oxygens (including phenoxy) is 1. The predicted octanol–water partition coefficient (Wildman–Crippen LogP) is 3.54. The van der Waals surface area contributed by atoms with Gasteiger partial charge in [-0.15, -0.1) is 11.8 Å². The molecule has 0 aliphatic heterocycles. The lowest BCUT2D eigenvalue weighted by atomic mass is 10.1. The molecule has 0 saturated carbocycles. The second-order valence-corrected chi connectivity index (χ2v) is 6.12. The maximum atomic E-state index is 12.4. The van der Waals surface area contributed by atoms with E-state index < -0.39 is 5.97 Å². The quantitative estimate of drug-likeness (QED) is 0.622. The maximum absolute atomic E-state index is 12.4. The van der Waals surface area contributed by atoms with Crippen LogP contribution in [0.5, 0.6) is 0 Å². The molecule has 0 atom stereocenters. The molecule has 0 N–H and O–H groups in total. The molecule has 0 spiro atoms. The second kappa shape index (κ2) is 7.83. The first-order chi connectivity index (χ1) is 11.0. The van der Waals surface area contributed by atoms with Crippen molar-refractivity contribution >= 4 is 29.3 Å². The summed E-state index contributed by atoms with van der Waals surface area (Å²) in [5.41, 5.74) is 2.09. The van der Waals surface area contributed by atoms with E-state index in [1.165, 1.54) is 23.8 Å². The van der Waals surface area contributed by atoms with Crippen molar-refractivity contribution in [3.63, 3.8) is 0 Å². The Kier molecular flexibility index (Phi) is 5.82. The molecule has 0 fully saturated rings. The highest BCUT2D eigenvalue weighted by molar-refractivity contribution is 8.00. The van der Waals surface area contributed by atoms with Crippen LogP contribution in [0.3, 0.4) is 0 Å². The molecule has 5 heteroatoms. The Labute approximate surface area is 140 Å². The minimum Gasteiger partial charge on any atom is -0.465 e. The van der Waals surface area contributed by atoms with Gasteiger partial charge in [0.15, 0.2) is 0 Å². The Balaban J connectivity index is 2.09. The third-order valence-electron chi connectivity index (χ3n) is 3.40. The van der Waals surface area contributed by atoms with E-state index in [1.54, 1.807) is 31.3 Å². The third-order valence-corrected chi connectivity index (χ3v) is 4.38. The minimum atomic E-state index is -0.452. The molecule has 120 valence electrons. The number of thioether (sulfide) groups is 1. The van der Waals surface area contributed by atoms with E-state index in [0.29, 0.717) is 17.0 Å². The van der Waals surface area contributed by atoms with Crippen molar-refractivity contribution in [2.45, 2.75) is 11.8 Å².